The highest BCUT2D eigenvalue weighted by Gasteiger charge is 2.35. The Bertz CT molecular complexity index is 496. The number of carbonyl (C=O) groups excluding carboxylic acids is 2. The number of cyclic esters (lactones) is 1. The molecule has 4 nitrogen and oxygen atoms in total. The van der Waals surface area contributed by atoms with Crippen LogP contribution in [0.25, 0.3) is 0 Å². The fourth-order valence-electron chi connectivity index (χ4n) is 2.30. The first kappa shape index (κ1) is 12.6. The zero-order valence-corrected chi connectivity index (χ0v) is 10.9. The van der Waals surface area contributed by atoms with Gasteiger partial charge in [-0.15, -0.1) is 0 Å². The normalized spacial score (nSPS) is 19.9. The first-order valence-corrected chi connectivity index (χ1v) is 6.15. The van der Waals surface area contributed by atoms with Crippen LogP contribution in [0.15, 0.2) is 18.2 Å². The maximum atomic E-state index is 12.0. The molecule has 96 valence electrons. The molecule has 1 fully saturated rings. The number of rotatable bonds is 2. The van der Waals surface area contributed by atoms with Crippen molar-refractivity contribution in [3.63, 3.8) is 0 Å². The summed E-state index contributed by atoms with van der Waals surface area (Å²) in [6, 6.07) is 5.78. The van der Waals surface area contributed by atoms with E-state index in [1.807, 2.05) is 39.0 Å². The van der Waals surface area contributed by atoms with E-state index in [0.717, 1.165) is 23.2 Å². The molecule has 1 aliphatic heterocycles. The summed E-state index contributed by atoms with van der Waals surface area (Å²) in [5, 5.41) is 0. The summed E-state index contributed by atoms with van der Waals surface area (Å²) in [6.45, 7) is 6.13. The summed E-state index contributed by atoms with van der Waals surface area (Å²) in [4.78, 5) is 25.0. The van der Waals surface area contributed by atoms with E-state index in [2.05, 4.69) is 0 Å². The predicted octanol–water partition coefficient (Wildman–Crippen LogP) is 1.84. The van der Waals surface area contributed by atoms with E-state index in [1.165, 1.54) is 0 Å². The third-order valence-electron chi connectivity index (χ3n) is 3.23. The molecular formula is C14H17NO3. The molecule has 0 radical (unpaired) electrons. The Morgan fingerprint density at radius 1 is 1.39 bits per heavy atom. The van der Waals surface area contributed by atoms with Gasteiger partial charge in [-0.05, 0) is 31.4 Å². The number of hydrogen-bond donors (Lipinski definition) is 0. The van der Waals surface area contributed by atoms with Gasteiger partial charge in [0.2, 0.25) is 0 Å². The molecule has 1 atom stereocenters. The minimum Gasteiger partial charge on any atom is -0.456 e. The molecule has 1 aromatic rings. The molecule has 1 aromatic carbocycles. The van der Waals surface area contributed by atoms with Crippen molar-refractivity contribution in [3.05, 3.63) is 29.3 Å². The van der Waals surface area contributed by atoms with E-state index in [-0.39, 0.29) is 12.6 Å². The Morgan fingerprint density at radius 2 is 2.11 bits per heavy atom. The summed E-state index contributed by atoms with van der Waals surface area (Å²) < 4.78 is 4.84. The fourth-order valence-corrected chi connectivity index (χ4v) is 2.30. The third kappa shape index (κ3) is 1.98. The molecule has 18 heavy (non-hydrogen) atoms. The minimum atomic E-state index is -0.765. The monoisotopic (exact) mass is 247 g/mol. The molecular weight excluding hydrogens is 230 g/mol. The second kappa shape index (κ2) is 4.80. The minimum absolute atomic E-state index is 0.124. The summed E-state index contributed by atoms with van der Waals surface area (Å²) in [7, 11) is 0. The van der Waals surface area contributed by atoms with E-state index in [4.69, 9.17) is 4.74 Å². The maximum Gasteiger partial charge on any atom is 0.397 e. The molecule has 1 aliphatic rings. The van der Waals surface area contributed by atoms with Gasteiger partial charge < -0.3 is 4.74 Å². The Hall–Kier alpha value is -1.84. The molecule has 0 bridgehead atoms. The van der Waals surface area contributed by atoms with Gasteiger partial charge in [0, 0.05) is 0 Å². The average molecular weight is 247 g/mol. The molecule has 0 unspecified atom stereocenters. The Balaban J connectivity index is 2.52. The van der Waals surface area contributed by atoms with E-state index >= 15 is 0 Å². The van der Waals surface area contributed by atoms with Gasteiger partial charge in [-0.2, -0.15) is 0 Å². The van der Waals surface area contributed by atoms with Crippen LogP contribution in [0.1, 0.15) is 25.0 Å². The van der Waals surface area contributed by atoms with Crippen LogP contribution < -0.4 is 4.90 Å². The molecule has 1 amide bonds. The summed E-state index contributed by atoms with van der Waals surface area (Å²) in [5.74, 6) is -1.34. The summed E-state index contributed by atoms with van der Waals surface area (Å²) >= 11 is 0. The number of aryl methyl sites for hydroxylation is 2. The smallest absolute Gasteiger partial charge is 0.397 e. The number of ether oxygens (including phenoxy) is 1. The number of para-hydroxylation sites is 1. The highest BCUT2D eigenvalue weighted by atomic mass is 16.5. The second-order valence-corrected chi connectivity index (χ2v) is 4.56. The predicted molar refractivity (Wildman–Crippen MR) is 68.5 cm³/mol. The molecule has 0 saturated carbocycles. The largest absolute Gasteiger partial charge is 0.456 e. The molecule has 1 saturated heterocycles. The van der Waals surface area contributed by atoms with Crippen molar-refractivity contribution >= 4 is 17.6 Å². The van der Waals surface area contributed by atoms with E-state index in [1.54, 1.807) is 4.90 Å². The molecule has 0 N–H and O–H groups in total. The SMILES string of the molecule is CCc1cccc(C)c1N1C(=O)C(=O)OC[C@@H]1C. The number of esters is 1. The fraction of sp³-hybridized carbons (Fsp3) is 0.429. The number of morpholine rings is 1. The number of anilines is 1. The van der Waals surface area contributed by atoms with Crippen molar-refractivity contribution in [1.29, 1.82) is 0 Å². The van der Waals surface area contributed by atoms with E-state index in [0.29, 0.717) is 0 Å². The number of benzene rings is 1. The van der Waals surface area contributed by atoms with Gasteiger partial charge in [0.25, 0.3) is 0 Å². The van der Waals surface area contributed by atoms with Crippen molar-refractivity contribution in [1.82, 2.24) is 0 Å². The van der Waals surface area contributed by atoms with Gasteiger partial charge >= 0.3 is 11.9 Å². The highest BCUT2D eigenvalue weighted by molar-refractivity contribution is 6.39. The highest BCUT2D eigenvalue weighted by Crippen LogP contribution is 2.29. The van der Waals surface area contributed by atoms with Gasteiger partial charge in [0.05, 0.1) is 11.7 Å². The Morgan fingerprint density at radius 3 is 2.78 bits per heavy atom. The van der Waals surface area contributed by atoms with Crippen LogP contribution in [0, 0.1) is 6.92 Å². The molecule has 0 aromatic heterocycles. The molecule has 0 spiro atoms. The summed E-state index contributed by atoms with van der Waals surface area (Å²) in [5.41, 5.74) is 2.93. The van der Waals surface area contributed by atoms with Crippen molar-refractivity contribution in [2.24, 2.45) is 0 Å². The third-order valence-corrected chi connectivity index (χ3v) is 3.23. The number of amides is 1. The maximum absolute atomic E-state index is 12.0. The van der Waals surface area contributed by atoms with Crippen molar-refractivity contribution in [2.75, 3.05) is 11.5 Å². The van der Waals surface area contributed by atoms with E-state index in [9.17, 15) is 9.59 Å². The zero-order valence-electron chi connectivity index (χ0n) is 10.9. The van der Waals surface area contributed by atoms with Crippen molar-refractivity contribution < 1.29 is 14.3 Å². The lowest BCUT2D eigenvalue weighted by Crippen LogP contribution is -2.51. The number of nitrogens with zero attached hydrogens (tertiary/aromatic N) is 1. The van der Waals surface area contributed by atoms with Crippen molar-refractivity contribution in [3.8, 4) is 0 Å². The zero-order chi connectivity index (χ0) is 13.3. The quantitative estimate of drug-likeness (QED) is 0.591. The Labute approximate surface area is 107 Å². The Kier molecular flexibility index (Phi) is 3.36. The molecule has 4 heteroatoms. The number of hydrogen-bond acceptors (Lipinski definition) is 3. The van der Waals surface area contributed by atoms with Gasteiger partial charge in [-0.1, -0.05) is 25.1 Å². The second-order valence-electron chi connectivity index (χ2n) is 4.56. The lowest BCUT2D eigenvalue weighted by molar-refractivity contribution is -0.157. The van der Waals surface area contributed by atoms with Crippen LogP contribution in [0.5, 0.6) is 0 Å². The average Bonchev–Trinajstić information content (AvgIpc) is 2.36. The molecule has 2 rings (SSSR count). The van der Waals surface area contributed by atoms with E-state index < -0.39 is 11.9 Å². The lowest BCUT2D eigenvalue weighted by atomic mass is 10.0. The van der Waals surface area contributed by atoms with Crippen LogP contribution in [0.4, 0.5) is 5.69 Å². The standard InChI is InChI=1S/C14H17NO3/c1-4-11-7-5-6-9(2)12(11)15-10(3)8-18-14(17)13(15)16/h5-7,10H,4,8H2,1-3H3/t10-/m0/s1. The van der Waals surface area contributed by atoms with Crippen LogP contribution >= 0.6 is 0 Å². The molecule has 1 heterocycles. The van der Waals surface area contributed by atoms with Gasteiger partial charge in [0.1, 0.15) is 6.61 Å². The van der Waals surface area contributed by atoms with Crippen LogP contribution in [-0.2, 0) is 20.7 Å². The van der Waals surface area contributed by atoms with Crippen molar-refractivity contribution in [2.45, 2.75) is 33.2 Å². The van der Waals surface area contributed by atoms with Crippen LogP contribution in [-0.4, -0.2) is 24.5 Å². The topological polar surface area (TPSA) is 46.6 Å². The first-order chi connectivity index (χ1) is 8.56. The summed E-state index contributed by atoms with van der Waals surface area (Å²) in [6.07, 6.45) is 0.822. The van der Waals surface area contributed by atoms with Crippen LogP contribution in [0.3, 0.4) is 0 Å². The van der Waals surface area contributed by atoms with Gasteiger partial charge in [0.15, 0.2) is 0 Å². The first-order valence-electron chi connectivity index (χ1n) is 6.15. The lowest BCUT2D eigenvalue weighted by Gasteiger charge is -2.34. The molecule has 0 aliphatic carbocycles. The van der Waals surface area contributed by atoms with Crippen LogP contribution in [0.2, 0.25) is 0 Å². The number of carbonyl (C=O) groups is 2. The van der Waals surface area contributed by atoms with Gasteiger partial charge in [-0.25, -0.2) is 4.79 Å². The van der Waals surface area contributed by atoms with Gasteiger partial charge in [-0.3, -0.25) is 9.69 Å².